The number of carbonyl (C=O) groups is 1. The minimum absolute atomic E-state index is 0.223. The van der Waals surface area contributed by atoms with E-state index in [-0.39, 0.29) is 5.69 Å². The van der Waals surface area contributed by atoms with Gasteiger partial charge in [0, 0.05) is 62.3 Å². The highest BCUT2D eigenvalue weighted by atomic mass is 16.1. The van der Waals surface area contributed by atoms with Gasteiger partial charge in [-0.2, -0.15) is 0 Å². The summed E-state index contributed by atoms with van der Waals surface area (Å²) in [6.07, 6.45) is 9.97. The molecule has 40 heavy (non-hydrogen) atoms. The number of nitrogens with two attached hydrogens (primary N) is 1. The molecule has 0 saturated carbocycles. The van der Waals surface area contributed by atoms with Gasteiger partial charge in [-0.1, -0.05) is 59.1 Å². The molecule has 8 nitrogen and oxygen atoms in total. The van der Waals surface area contributed by atoms with Crippen molar-refractivity contribution in [3.63, 3.8) is 0 Å². The molecule has 3 N–H and O–H groups in total. The fraction of sp³-hybridized carbons (Fsp3) is 0.645. The first-order chi connectivity index (χ1) is 19.4. The largest absolute Gasteiger partial charge is 0.371 e. The first kappa shape index (κ1) is 30.3. The number of piperazine rings is 1. The summed E-state index contributed by atoms with van der Waals surface area (Å²) in [5.41, 5.74) is 10.1. The van der Waals surface area contributed by atoms with E-state index in [2.05, 4.69) is 72.1 Å². The molecule has 3 heterocycles. The van der Waals surface area contributed by atoms with Crippen LogP contribution >= 0.6 is 0 Å². The molecule has 2 aromatic rings. The lowest BCUT2D eigenvalue weighted by atomic mass is 9.41. The zero-order valence-corrected chi connectivity index (χ0v) is 25.3. The first-order valence-corrected chi connectivity index (χ1v) is 15.7. The van der Waals surface area contributed by atoms with Crippen LogP contribution in [0.5, 0.6) is 0 Å². The molecule has 218 valence electrons. The summed E-state index contributed by atoms with van der Waals surface area (Å²) in [4.78, 5) is 29.8. The standard InChI is InChI=1S/C31H50BN7O/c1-5-8-16-32(17-9-6-2)29-27(7-3)35-28(30(33)40)31(36-29)34-24-10-12-25(13-11-24)38-18-14-26(15-19-38)39-22-20-37(4)21-23-39/h10-13,26H,5-9,14-23H2,1-4H3,(H2,33,40)(H,34,36). The van der Waals surface area contributed by atoms with E-state index in [1.165, 1.54) is 44.7 Å². The Balaban J connectivity index is 1.46. The van der Waals surface area contributed by atoms with Crippen molar-refractivity contribution in [1.82, 2.24) is 19.8 Å². The maximum atomic E-state index is 12.4. The number of nitrogens with one attached hydrogen (secondary N) is 1. The van der Waals surface area contributed by atoms with Crippen LogP contribution in [0.2, 0.25) is 12.6 Å². The number of anilines is 3. The van der Waals surface area contributed by atoms with Crippen molar-refractivity contribution in [2.45, 2.75) is 84.4 Å². The molecule has 1 amide bonds. The number of likely N-dealkylation sites (N-methyl/N-ethyl adjacent to an activating group) is 1. The van der Waals surface area contributed by atoms with Gasteiger partial charge in [-0.15, -0.1) is 0 Å². The van der Waals surface area contributed by atoms with Crippen molar-refractivity contribution < 1.29 is 4.79 Å². The molecule has 0 radical (unpaired) electrons. The number of aryl methyl sites for hydroxylation is 1. The first-order valence-electron chi connectivity index (χ1n) is 15.7. The van der Waals surface area contributed by atoms with Gasteiger partial charge in [0.25, 0.3) is 5.91 Å². The number of rotatable bonds is 13. The molecule has 2 aliphatic heterocycles. The predicted molar refractivity (Wildman–Crippen MR) is 169 cm³/mol. The third-order valence-corrected chi connectivity index (χ3v) is 8.78. The Hall–Kier alpha value is -2.65. The zero-order valence-electron chi connectivity index (χ0n) is 25.3. The Morgan fingerprint density at radius 3 is 2.12 bits per heavy atom. The van der Waals surface area contributed by atoms with E-state index in [1.54, 1.807) is 0 Å². The summed E-state index contributed by atoms with van der Waals surface area (Å²) in [5.74, 6) is -0.0757. The monoisotopic (exact) mass is 547 g/mol. The molecule has 2 aliphatic rings. The van der Waals surface area contributed by atoms with E-state index in [4.69, 9.17) is 15.7 Å². The van der Waals surface area contributed by atoms with Gasteiger partial charge >= 0.3 is 0 Å². The van der Waals surface area contributed by atoms with Crippen LogP contribution in [0.15, 0.2) is 24.3 Å². The van der Waals surface area contributed by atoms with Crippen LogP contribution < -0.4 is 21.5 Å². The average Bonchev–Trinajstić information content (AvgIpc) is 2.98. The number of hydrogen-bond donors (Lipinski definition) is 2. The van der Waals surface area contributed by atoms with Crippen molar-refractivity contribution in [3.8, 4) is 0 Å². The van der Waals surface area contributed by atoms with E-state index < -0.39 is 5.91 Å². The van der Waals surface area contributed by atoms with Crippen molar-refractivity contribution in [2.24, 2.45) is 5.73 Å². The molecular formula is C31H50BN7O. The Bertz CT molecular complexity index is 1070. The van der Waals surface area contributed by atoms with Gasteiger partial charge in [0.2, 0.25) is 6.71 Å². The third-order valence-electron chi connectivity index (χ3n) is 8.78. The summed E-state index contributed by atoms with van der Waals surface area (Å²) in [6, 6.07) is 9.20. The van der Waals surface area contributed by atoms with Crippen molar-refractivity contribution in [1.29, 1.82) is 0 Å². The van der Waals surface area contributed by atoms with E-state index in [0.29, 0.717) is 18.6 Å². The third kappa shape index (κ3) is 7.75. The lowest BCUT2D eigenvalue weighted by Gasteiger charge is -2.42. The van der Waals surface area contributed by atoms with Gasteiger partial charge < -0.3 is 20.9 Å². The summed E-state index contributed by atoms with van der Waals surface area (Å²) < 4.78 is 0. The van der Waals surface area contributed by atoms with E-state index in [0.717, 1.165) is 74.8 Å². The Morgan fingerprint density at radius 2 is 1.57 bits per heavy atom. The van der Waals surface area contributed by atoms with Gasteiger partial charge in [0.1, 0.15) is 0 Å². The van der Waals surface area contributed by atoms with E-state index in [1.807, 2.05) is 0 Å². The second-order valence-electron chi connectivity index (χ2n) is 11.7. The number of unbranched alkanes of at least 4 members (excludes halogenated alkanes) is 2. The number of amides is 1. The van der Waals surface area contributed by atoms with E-state index >= 15 is 0 Å². The molecule has 0 aliphatic carbocycles. The van der Waals surface area contributed by atoms with Crippen LogP contribution in [0.25, 0.3) is 0 Å². The maximum absolute atomic E-state index is 12.4. The van der Waals surface area contributed by atoms with Gasteiger partial charge in [-0.05, 0) is 50.6 Å². The van der Waals surface area contributed by atoms with Gasteiger partial charge in [0.15, 0.2) is 11.5 Å². The number of nitrogens with zero attached hydrogens (tertiary/aromatic N) is 5. The smallest absolute Gasteiger partial charge is 0.271 e. The predicted octanol–water partition coefficient (Wildman–Crippen LogP) is 4.40. The van der Waals surface area contributed by atoms with Crippen LogP contribution in [0.4, 0.5) is 17.2 Å². The highest BCUT2D eigenvalue weighted by Crippen LogP contribution is 2.26. The quantitative estimate of drug-likeness (QED) is 0.359. The molecule has 0 bridgehead atoms. The normalized spacial score (nSPS) is 17.2. The number of primary amides is 1. The second-order valence-corrected chi connectivity index (χ2v) is 11.7. The molecule has 1 aromatic heterocycles. The summed E-state index contributed by atoms with van der Waals surface area (Å²) in [7, 11) is 2.22. The SMILES string of the molecule is CCCCB(CCCC)c1nc(Nc2ccc(N3CCC(N4CCN(C)CC4)CC3)cc2)c(C(N)=O)nc1CC. The second kappa shape index (κ2) is 14.8. The lowest BCUT2D eigenvalue weighted by molar-refractivity contribution is 0.0982. The Kier molecular flexibility index (Phi) is 11.2. The number of piperidine rings is 1. The van der Waals surface area contributed by atoms with Crippen molar-refractivity contribution in [2.75, 3.05) is 56.5 Å². The van der Waals surface area contributed by atoms with Gasteiger partial charge in [-0.3, -0.25) is 9.69 Å². The van der Waals surface area contributed by atoms with Crippen LogP contribution in [0.1, 0.15) is 75.5 Å². The molecule has 2 fully saturated rings. The molecule has 4 rings (SSSR count). The van der Waals surface area contributed by atoms with E-state index in [9.17, 15) is 4.79 Å². The molecule has 2 saturated heterocycles. The van der Waals surface area contributed by atoms with Crippen molar-refractivity contribution in [3.05, 3.63) is 35.7 Å². The molecule has 1 aromatic carbocycles. The fourth-order valence-electron chi connectivity index (χ4n) is 6.22. The fourth-order valence-corrected chi connectivity index (χ4v) is 6.22. The number of hydrogen-bond acceptors (Lipinski definition) is 7. The zero-order chi connectivity index (χ0) is 28.5. The summed E-state index contributed by atoms with van der Waals surface area (Å²) >= 11 is 0. The minimum atomic E-state index is -0.547. The summed E-state index contributed by atoms with van der Waals surface area (Å²) in [5, 5.41) is 3.39. The Labute approximate surface area is 242 Å². The molecule has 9 heteroatoms. The number of benzene rings is 1. The lowest BCUT2D eigenvalue weighted by Crippen LogP contribution is -2.52. The van der Waals surface area contributed by atoms with Gasteiger partial charge in [-0.25, -0.2) is 9.97 Å². The number of carbonyl (C=O) groups excluding carboxylic acids is 1. The minimum Gasteiger partial charge on any atom is -0.371 e. The maximum Gasteiger partial charge on any atom is 0.271 e. The highest BCUT2D eigenvalue weighted by Gasteiger charge is 2.27. The molecular weight excluding hydrogens is 497 g/mol. The molecule has 0 unspecified atom stereocenters. The van der Waals surface area contributed by atoms with Crippen molar-refractivity contribution >= 4 is 35.4 Å². The number of aromatic nitrogens is 2. The van der Waals surface area contributed by atoms with Gasteiger partial charge in [0.05, 0.1) is 5.69 Å². The van der Waals surface area contributed by atoms with Crippen LogP contribution in [-0.2, 0) is 6.42 Å². The molecule has 0 atom stereocenters. The topological polar surface area (TPSA) is 90.6 Å². The molecule has 0 spiro atoms. The summed E-state index contributed by atoms with van der Waals surface area (Å²) in [6.45, 7) is 13.8. The van der Waals surface area contributed by atoms with Crippen LogP contribution in [-0.4, -0.2) is 84.7 Å². The van der Waals surface area contributed by atoms with Crippen LogP contribution in [0.3, 0.4) is 0 Å². The average molecular weight is 548 g/mol. The van der Waals surface area contributed by atoms with Crippen LogP contribution in [0, 0.1) is 0 Å². The highest BCUT2D eigenvalue weighted by molar-refractivity contribution is 6.72. The Morgan fingerprint density at radius 1 is 0.950 bits per heavy atom.